The monoisotopic (exact) mass is 628 g/mol. The maximum atomic E-state index is 12.3. The van der Waals surface area contributed by atoms with Crippen LogP contribution in [-0.4, -0.2) is 52.7 Å². The van der Waals surface area contributed by atoms with Crippen LogP contribution in [0.15, 0.2) is 36.7 Å². The molecule has 1 unspecified atom stereocenters. The van der Waals surface area contributed by atoms with Gasteiger partial charge >= 0.3 is 6.09 Å². The Morgan fingerprint density at radius 1 is 1.05 bits per heavy atom. The van der Waals surface area contributed by atoms with Gasteiger partial charge in [0, 0.05) is 36.8 Å². The van der Waals surface area contributed by atoms with Crippen molar-refractivity contribution >= 4 is 29.1 Å². The predicted octanol–water partition coefficient (Wildman–Crippen LogP) is 10.4. The summed E-state index contributed by atoms with van der Waals surface area (Å²) in [4.78, 5) is 25.4. The zero-order chi connectivity index (χ0) is 33.3. The first-order chi connectivity index (χ1) is 20.8. The van der Waals surface area contributed by atoms with E-state index in [-0.39, 0.29) is 6.09 Å². The van der Waals surface area contributed by atoms with Crippen molar-refractivity contribution in [2.24, 2.45) is 11.8 Å². The highest BCUT2D eigenvalue weighted by molar-refractivity contribution is 6.30. The van der Waals surface area contributed by atoms with E-state index in [2.05, 4.69) is 75.5 Å². The Hall–Kier alpha value is -2.60. The smallest absolute Gasteiger partial charge is 0.410 e. The molecule has 2 aromatic rings. The van der Waals surface area contributed by atoms with Gasteiger partial charge in [-0.25, -0.2) is 14.8 Å². The van der Waals surface area contributed by atoms with Crippen LogP contribution < -0.4 is 4.90 Å². The number of allylic oxidation sites excluding steroid dienone is 2. The van der Waals surface area contributed by atoms with Crippen LogP contribution in [-0.2, 0) is 11.2 Å². The molecule has 1 aliphatic heterocycles. The lowest BCUT2D eigenvalue weighted by Gasteiger charge is -2.37. The molecule has 2 heterocycles. The molecule has 0 bridgehead atoms. The number of ether oxygens (including phenoxy) is 1. The number of aromatic nitrogens is 2. The van der Waals surface area contributed by atoms with E-state index >= 15 is 0 Å². The van der Waals surface area contributed by atoms with Crippen molar-refractivity contribution in [3.63, 3.8) is 0 Å². The molecule has 1 saturated heterocycles. The van der Waals surface area contributed by atoms with Crippen LogP contribution in [0.25, 0.3) is 5.57 Å². The zero-order valence-corrected chi connectivity index (χ0v) is 30.4. The van der Waals surface area contributed by atoms with Crippen molar-refractivity contribution in [3.8, 4) is 0 Å². The number of hydrogen-bond donors (Lipinski definition) is 0. The Kier molecular flexibility index (Phi) is 18.3. The molecule has 1 aliphatic rings. The fraction of sp³-hybridized carbons (Fsp3) is 0.649. The van der Waals surface area contributed by atoms with Gasteiger partial charge in [0.25, 0.3) is 0 Å². The van der Waals surface area contributed by atoms with Crippen molar-refractivity contribution in [2.45, 2.75) is 120 Å². The molecular formula is C37H61ClN4O2. The summed E-state index contributed by atoms with van der Waals surface area (Å²) in [5.41, 5.74) is 4.29. The summed E-state index contributed by atoms with van der Waals surface area (Å²) in [5, 5.41) is 0.839. The molecule has 1 fully saturated rings. The molecule has 3 rings (SSSR count). The Bertz CT molecular complexity index is 1130. The van der Waals surface area contributed by atoms with E-state index in [1.165, 1.54) is 36.8 Å². The number of carbonyl (C=O) groups is 1. The van der Waals surface area contributed by atoms with Gasteiger partial charge in [-0.15, -0.1) is 0 Å². The van der Waals surface area contributed by atoms with E-state index in [1.807, 2.05) is 45.9 Å². The zero-order valence-electron chi connectivity index (χ0n) is 29.7. The molecule has 0 aliphatic carbocycles. The third kappa shape index (κ3) is 14.5. The summed E-state index contributed by atoms with van der Waals surface area (Å²) >= 11 is 5.78. The van der Waals surface area contributed by atoms with E-state index in [0.29, 0.717) is 19.0 Å². The first kappa shape index (κ1) is 39.4. The highest BCUT2D eigenvalue weighted by Crippen LogP contribution is 2.34. The second-order valence-corrected chi connectivity index (χ2v) is 13.5. The summed E-state index contributed by atoms with van der Waals surface area (Å²) < 4.78 is 5.50. The molecule has 0 saturated carbocycles. The molecule has 6 nitrogen and oxygen atoms in total. The average molecular weight is 629 g/mol. The maximum absolute atomic E-state index is 12.3. The summed E-state index contributed by atoms with van der Waals surface area (Å²) in [6.07, 6.45) is 11.1. The van der Waals surface area contributed by atoms with Gasteiger partial charge in [0.05, 0.1) is 5.69 Å². The van der Waals surface area contributed by atoms with Crippen molar-refractivity contribution in [1.82, 2.24) is 14.9 Å². The summed E-state index contributed by atoms with van der Waals surface area (Å²) in [7, 11) is 0. The van der Waals surface area contributed by atoms with Crippen LogP contribution in [0, 0.1) is 18.8 Å². The highest BCUT2D eigenvalue weighted by atomic mass is 35.5. The van der Waals surface area contributed by atoms with Crippen LogP contribution in [0.5, 0.6) is 0 Å². The first-order valence-corrected chi connectivity index (χ1v) is 17.1. The minimum absolute atomic E-state index is 0.241. The summed E-state index contributed by atoms with van der Waals surface area (Å²) in [6.45, 7) is 25.9. The fourth-order valence-corrected chi connectivity index (χ4v) is 5.17. The van der Waals surface area contributed by atoms with Crippen molar-refractivity contribution in [2.75, 3.05) is 31.1 Å². The van der Waals surface area contributed by atoms with Crippen LogP contribution in [0.3, 0.4) is 0 Å². The number of benzene rings is 1. The lowest BCUT2D eigenvalue weighted by Crippen LogP contribution is -2.50. The largest absolute Gasteiger partial charge is 0.444 e. The van der Waals surface area contributed by atoms with Gasteiger partial charge in [-0.1, -0.05) is 97.0 Å². The van der Waals surface area contributed by atoms with Gasteiger partial charge in [-0.2, -0.15) is 0 Å². The van der Waals surface area contributed by atoms with Gasteiger partial charge < -0.3 is 14.5 Å². The minimum Gasteiger partial charge on any atom is -0.444 e. The number of carbonyl (C=O) groups excluding carboxylic acids is 1. The maximum Gasteiger partial charge on any atom is 0.410 e. The van der Waals surface area contributed by atoms with Gasteiger partial charge in [0.2, 0.25) is 0 Å². The number of piperazine rings is 1. The van der Waals surface area contributed by atoms with Gasteiger partial charge in [-0.3, -0.25) is 0 Å². The Morgan fingerprint density at radius 2 is 1.70 bits per heavy atom. The number of halogens is 1. The molecule has 1 atom stereocenters. The van der Waals surface area contributed by atoms with Crippen molar-refractivity contribution < 1.29 is 9.53 Å². The number of hydrogen-bond acceptors (Lipinski definition) is 5. The molecule has 0 N–H and O–H groups in total. The topological polar surface area (TPSA) is 58.6 Å². The van der Waals surface area contributed by atoms with Gasteiger partial charge in [0.15, 0.2) is 0 Å². The lowest BCUT2D eigenvalue weighted by atomic mass is 9.90. The highest BCUT2D eigenvalue weighted by Gasteiger charge is 2.28. The van der Waals surface area contributed by atoms with E-state index < -0.39 is 5.60 Å². The molecule has 1 aromatic heterocycles. The van der Waals surface area contributed by atoms with Crippen molar-refractivity contribution in [1.29, 1.82) is 0 Å². The molecule has 0 radical (unpaired) electrons. The number of anilines is 1. The van der Waals surface area contributed by atoms with Crippen molar-refractivity contribution in [3.05, 3.63) is 58.5 Å². The second-order valence-electron chi connectivity index (χ2n) is 13.1. The second kappa shape index (κ2) is 20.4. The third-order valence-electron chi connectivity index (χ3n) is 7.55. The van der Waals surface area contributed by atoms with Gasteiger partial charge in [-0.05, 0) is 82.6 Å². The van der Waals surface area contributed by atoms with E-state index in [4.69, 9.17) is 16.3 Å². The Balaban J connectivity index is 0.000000463. The lowest BCUT2D eigenvalue weighted by molar-refractivity contribution is 0.0240. The Labute approximate surface area is 274 Å². The Morgan fingerprint density at radius 3 is 2.18 bits per heavy atom. The minimum atomic E-state index is -0.470. The van der Waals surface area contributed by atoms with Crippen LogP contribution >= 0.6 is 11.6 Å². The fourth-order valence-electron chi connectivity index (χ4n) is 4.95. The number of unbranched alkanes of at least 4 members (excludes halogenated alkanes) is 1. The molecule has 1 aromatic carbocycles. The van der Waals surface area contributed by atoms with Gasteiger partial charge in [0.1, 0.15) is 17.7 Å². The SMILES string of the molecule is C/C=C(\c1c(C)ncnc1N1CCN(C(=O)OC(C)(C)C)CC1)C(C)CC.CCCCC(C)C.CCCc1cccc(Cl)c1. The van der Waals surface area contributed by atoms with Crippen LogP contribution in [0.4, 0.5) is 10.6 Å². The quantitative estimate of drug-likeness (QED) is 0.276. The average Bonchev–Trinajstić information content (AvgIpc) is 2.97. The third-order valence-corrected chi connectivity index (χ3v) is 7.79. The van der Waals surface area contributed by atoms with Crippen LogP contribution in [0.2, 0.25) is 5.02 Å². The molecule has 0 spiro atoms. The van der Waals surface area contributed by atoms with E-state index in [1.54, 1.807) is 11.2 Å². The molecule has 248 valence electrons. The number of rotatable bonds is 9. The summed E-state index contributed by atoms with van der Waals surface area (Å²) in [5.74, 6) is 2.32. The number of nitrogens with zero attached hydrogens (tertiary/aromatic N) is 4. The molecule has 1 amide bonds. The molecule has 7 heteroatoms. The number of aryl methyl sites for hydroxylation is 2. The standard InChI is InChI=1S/C21H34N4O2.C9H11Cl.C7H16/c1-8-15(3)17(9-2)18-16(4)22-14-23-19(18)24-10-12-25(13-11-24)20(26)27-21(5,6)7;1-2-4-8-5-3-6-9(10)7-8;1-4-5-6-7(2)3/h9,14-15H,8,10-13H2,1-7H3;3,5-7H,2,4H2,1H3;7H,4-6H2,1-3H3/b17-9-;;. The van der Waals surface area contributed by atoms with E-state index in [9.17, 15) is 4.79 Å². The predicted molar refractivity (Wildman–Crippen MR) is 190 cm³/mol. The first-order valence-electron chi connectivity index (χ1n) is 16.7. The summed E-state index contributed by atoms with van der Waals surface area (Å²) in [6, 6.07) is 8.02. The molecular weight excluding hydrogens is 568 g/mol. The number of amides is 1. The molecule has 44 heavy (non-hydrogen) atoms. The van der Waals surface area contributed by atoms with Crippen LogP contribution in [0.1, 0.15) is 118 Å². The normalized spacial score (nSPS) is 14.3. The van der Waals surface area contributed by atoms with E-state index in [0.717, 1.165) is 53.9 Å².